The van der Waals surface area contributed by atoms with Gasteiger partial charge in [0.05, 0.1) is 25.5 Å². The number of guanidine groups is 1. The van der Waals surface area contributed by atoms with E-state index in [4.69, 9.17) is 4.99 Å². The van der Waals surface area contributed by atoms with Crippen molar-refractivity contribution in [1.82, 2.24) is 24.7 Å². The Kier molecular flexibility index (Phi) is 8.94. The summed E-state index contributed by atoms with van der Waals surface area (Å²) < 4.78 is 2.18. The molecular formula is C21H31IN6O. The largest absolute Gasteiger partial charge is 0.347 e. The Morgan fingerprint density at radius 1 is 1.31 bits per heavy atom. The average molecular weight is 510 g/mol. The van der Waals surface area contributed by atoms with Crippen molar-refractivity contribution in [2.75, 3.05) is 33.7 Å². The Hall–Kier alpha value is -2.10. The number of aliphatic imine (C=N–C) groups is 1. The number of nitrogens with zero attached hydrogens (tertiary/aromatic N) is 5. The van der Waals surface area contributed by atoms with Gasteiger partial charge in [0.15, 0.2) is 5.96 Å². The number of piperidine rings is 1. The quantitative estimate of drug-likeness (QED) is 0.382. The van der Waals surface area contributed by atoms with Gasteiger partial charge in [0.1, 0.15) is 0 Å². The molecule has 7 nitrogen and oxygen atoms in total. The van der Waals surface area contributed by atoms with Gasteiger partial charge < -0.3 is 19.7 Å². The van der Waals surface area contributed by atoms with Gasteiger partial charge in [-0.1, -0.05) is 37.3 Å². The van der Waals surface area contributed by atoms with Crippen LogP contribution in [0.25, 0.3) is 0 Å². The average Bonchev–Trinajstić information content (AvgIpc) is 3.23. The van der Waals surface area contributed by atoms with E-state index in [1.54, 1.807) is 19.0 Å². The second kappa shape index (κ2) is 11.2. The van der Waals surface area contributed by atoms with Gasteiger partial charge in [-0.25, -0.2) is 9.98 Å². The number of aromatic nitrogens is 2. The molecule has 1 N–H and O–H groups in total. The van der Waals surface area contributed by atoms with Gasteiger partial charge in [-0.2, -0.15) is 0 Å². The number of nitrogens with one attached hydrogen (secondary N) is 1. The predicted octanol–water partition coefficient (Wildman–Crippen LogP) is 2.62. The van der Waals surface area contributed by atoms with Gasteiger partial charge in [0, 0.05) is 39.6 Å². The summed E-state index contributed by atoms with van der Waals surface area (Å²) in [5.41, 5.74) is 1.15. The van der Waals surface area contributed by atoms with E-state index in [-0.39, 0.29) is 36.4 Å². The van der Waals surface area contributed by atoms with E-state index >= 15 is 0 Å². The molecule has 3 rings (SSSR count). The topological polar surface area (TPSA) is 65.8 Å². The molecule has 0 bridgehead atoms. The molecule has 8 heteroatoms. The normalized spacial score (nSPS) is 19.4. The summed E-state index contributed by atoms with van der Waals surface area (Å²) >= 11 is 0. The number of hydrogen-bond acceptors (Lipinski definition) is 3. The molecule has 2 atom stereocenters. The highest BCUT2D eigenvalue weighted by atomic mass is 127. The number of amides is 1. The van der Waals surface area contributed by atoms with Crippen molar-refractivity contribution in [3.63, 3.8) is 0 Å². The highest BCUT2D eigenvalue weighted by Gasteiger charge is 2.29. The first-order chi connectivity index (χ1) is 13.5. The number of likely N-dealkylation sites (N-methyl/N-ethyl adjacent to an activating group) is 1. The predicted molar refractivity (Wildman–Crippen MR) is 126 cm³/mol. The van der Waals surface area contributed by atoms with Crippen LogP contribution in [0.4, 0.5) is 0 Å². The Labute approximate surface area is 190 Å². The van der Waals surface area contributed by atoms with E-state index in [2.05, 4.69) is 38.8 Å². The molecule has 2 heterocycles. The maximum atomic E-state index is 12.1. The highest BCUT2D eigenvalue weighted by molar-refractivity contribution is 14.0. The van der Waals surface area contributed by atoms with Crippen molar-refractivity contribution < 1.29 is 4.79 Å². The molecule has 2 aromatic rings. The second-order valence-corrected chi connectivity index (χ2v) is 7.56. The van der Waals surface area contributed by atoms with Gasteiger partial charge in [0.2, 0.25) is 5.91 Å². The summed E-state index contributed by atoms with van der Waals surface area (Å²) in [7, 11) is 3.53. The molecule has 0 saturated carbocycles. The first kappa shape index (κ1) is 23.2. The third-order valence-corrected chi connectivity index (χ3v) is 5.28. The van der Waals surface area contributed by atoms with Gasteiger partial charge in [-0.05, 0) is 17.9 Å². The molecule has 1 saturated heterocycles. The Morgan fingerprint density at radius 2 is 2.07 bits per heavy atom. The number of hydrogen-bond donors (Lipinski definition) is 1. The summed E-state index contributed by atoms with van der Waals surface area (Å²) in [4.78, 5) is 25.0. The van der Waals surface area contributed by atoms with E-state index in [1.807, 2.05) is 36.9 Å². The van der Waals surface area contributed by atoms with Gasteiger partial charge in [-0.15, -0.1) is 24.0 Å². The van der Waals surface area contributed by atoms with Crippen LogP contribution in [0.5, 0.6) is 0 Å². The number of rotatable bonds is 5. The fraction of sp³-hybridized carbons (Fsp3) is 0.476. The molecule has 158 valence electrons. The highest BCUT2D eigenvalue weighted by Crippen LogP contribution is 2.27. The molecule has 0 spiro atoms. The minimum atomic E-state index is 0. The molecule has 0 radical (unpaired) electrons. The van der Waals surface area contributed by atoms with Crippen LogP contribution in [0, 0.1) is 5.92 Å². The molecule has 1 amide bonds. The lowest BCUT2D eigenvalue weighted by atomic mass is 9.93. The molecule has 0 aliphatic carbocycles. The van der Waals surface area contributed by atoms with Crippen LogP contribution in [0.15, 0.2) is 54.0 Å². The Morgan fingerprint density at radius 3 is 2.72 bits per heavy atom. The van der Waals surface area contributed by atoms with E-state index in [1.165, 1.54) is 0 Å². The van der Waals surface area contributed by atoms with Crippen LogP contribution in [-0.4, -0.2) is 64.9 Å². The molecule has 1 aromatic heterocycles. The molecule has 1 aromatic carbocycles. The summed E-state index contributed by atoms with van der Waals surface area (Å²) in [6.45, 7) is 4.87. The number of carbonyl (C=O) groups excluding carboxylic acids is 1. The second-order valence-electron chi connectivity index (χ2n) is 7.56. The molecule has 29 heavy (non-hydrogen) atoms. The van der Waals surface area contributed by atoms with Crippen LogP contribution in [-0.2, 0) is 11.3 Å². The molecule has 1 aliphatic rings. The zero-order valence-corrected chi connectivity index (χ0v) is 19.7. The fourth-order valence-corrected chi connectivity index (χ4v) is 3.43. The van der Waals surface area contributed by atoms with Crippen molar-refractivity contribution in [3.8, 4) is 0 Å². The molecular weight excluding hydrogens is 479 g/mol. The number of imidazole rings is 1. The smallest absolute Gasteiger partial charge is 0.241 e. The number of halogens is 1. The first-order valence-corrected chi connectivity index (χ1v) is 9.79. The Bertz CT molecular complexity index is 778. The van der Waals surface area contributed by atoms with Crippen LogP contribution >= 0.6 is 24.0 Å². The van der Waals surface area contributed by atoms with Gasteiger partial charge in [0.25, 0.3) is 0 Å². The zero-order chi connectivity index (χ0) is 19.9. The lowest BCUT2D eigenvalue weighted by Crippen LogP contribution is -2.50. The standard InChI is InChI=1S/C21H30N6O.HI/c1-17-9-11-26(15-19(17)27-12-10-22-16-27)21(24-14-20(28)25(2)3)23-13-18-7-5-4-6-8-18;/h4-8,10,12,16-17,19H,9,11,13-15H2,1-3H3,(H,23,24);1H. The lowest BCUT2D eigenvalue weighted by Gasteiger charge is -2.39. The minimum Gasteiger partial charge on any atom is -0.347 e. The lowest BCUT2D eigenvalue weighted by molar-refractivity contribution is -0.127. The Balaban J connectivity index is 0.00000300. The number of benzene rings is 1. The van der Waals surface area contributed by atoms with Crippen LogP contribution in [0.2, 0.25) is 0 Å². The summed E-state index contributed by atoms with van der Waals surface area (Å²) in [6.07, 6.45) is 6.80. The molecule has 2 unspecified atom stereocenters. The summed E-state index contributed by atoms with van der Waals surface area (Å²) in [5, 5.41) is 3.28. The van der Waals surface area contributed by atoms with Gasteiger partial charge in [-0.3, -0.25) is 4.79 Å². The van der Waals surface area contributed by atoms with Crippen LogP contribution in [0.1, 0.15) is 24.9 Å². The summed E-state index contributed by atoms with van der Waals surface area (Å²) in [5.74, 6) is 1.38. The monoisotopic (exact) mass is 510 g/mol. The maximum Gasteiger partial charge on any atom is 0.241 e. The van der Waals surface area contributed by atoms with Crippen molar-refractivity contribution in [1.29, 1.82) is 0 Å². The van der Waals surface area contributed by atoms with Crippen molar-refractivity contribution in [2.24, 2.45) is 10.9 Å². The number of likely N-dealkylation sites (tertiary alicyclic amines) is 1. The summed E-state index contributed by atoms with van der Waals surface area (Å²) in [6, 6.07) is 10.5. The van der Waals surface area contributed by atoms with Crippen molar-refractivity contribution in [2.45, 2.75) is 25.9 Å². The SMILES string of the molecule is CC1CCN(C(=NCc2ccccc2)NCC(=O)N(C)C)CC1n1ccnc1.I. The van der Waals surface area contributed by atoms with Crippen molar-refractivity contribution >= 4 is 35.8 Å². The fourth-order valence-electron chi connectivity index (χ4n) is 3.43. The third-order valence-electron chi connectivity index (χ3n) is 5.28. The zero-order valence-electron chi connectivity index (χ0n) is 17.4. The molecule has 1 fully saturated rings. The molecule has 1 aliphatic heterocycles. The third kappa shape index (κ3) is 6.45. The van der Waals surface area contributed by atoms with Crippen LogP contribution < -0.4 is 5.32 Å². The van der Waals surface area contributed by atoms with E-state index in [0.717, 1.165) is 31.0 Å². The number of carbonyl (C=O) groups is 1. The first-order valence-electron chi connectivity index (χ1n) is 9.79. The van der Waals surface area contributed by atoms with Crippen LogP contribution in [0.3, 0.4) is 0 Å². The minimum absolute atomic E-state index is 0. The van der Waals surface area contributed by atoms with Gasteiger partial charge >= 0.3 is 0 Å². The van der Waals surface area contributed by atoms with E-state index in [9.17, 15) is 4.79 Å². The maximum absolute atomic E-state index is 12.1. The van der Waals surface area contributed by atoms with E-state index in [0.29, 0.717) is 18.5 Å². The van der Waals surface area contributed by atoms with Crippen molar-refractivity contribution in [3.05, 3.63) is 54.6 Å². The van der Waals surface area contributed by atoms with E-state index < -0.39 is 0 Å².